The third kappa shape index (κ3) is 3.51. The number of aromatic nitrogens is 2. The molecule has 1 unspecified atom stereocenters. The van der Waals surface area contributed by atoms with E-state index in [2.05, 4.69) is 25.9 Å². The number of hydrogen-bond acceptors (Lipinski definition) is 4. The van der Waals surface area contributed by atoms with Crippen LogP contribution in [0.3, 0.4) is 0 Å². The Labute approximate surface area is 165 Å². The van der Waals surface area contributed by atoms with Gasteiger partial charge in [-0.15, -0.1) is 0 Å². The molecule has 27 heavy (non-hydrogen) atoms. The zero-order chi connectivity index (χ0) is 18.8. The molecule has 2 heterocycles. The average molecular weight is 421 g/mol. The number of halogens is 1. The quantitative estimate of drug-likeness (QED) is 0.477. The van der Waals surface area contributed by atoms with Crippen LogP contribution in [0.2, 0.25) is 0 Å². The molecule has 134 valence electrons. The van der Waals surface area contributed by atoms with E-state index in [0.29, 0.717) is 11.9 Å². The number of pyridine rings is 2. The Morgan fingerprint density at radius 3 is 2.52 bits per heavy atom. The molecule has 2 aromatic carbocycles. The van der Waals surface area contributed by atoms with Crippen molar-refractivity contribution in [1.29, 1.82) is 0 Å². The zero-order valence-electron chi connectivity index (χ0n) is 14.4. The van der Waals surface area contributed by atoms with Crippen molar-refractivity contribution in [2.24, 2.45) is 0 Å². The molecule has 4 rings (SSSR count). The third-order valence-electron chi connectivity index (χ3n) is 4.65. The largest absolute Gasteiger partial charge is 0.508 e. The van der Waals surface area contributed by atoms with E-state index in [1.54, 1.807) is 24.5 Å². The standard InChI is InChI=1S/C22H17BrN2O2/c23-20-9-7-16(26)13-19(20)18(12-15-5-1-2-10-24-15)17-8-6-14-4-3-11-25-21(14)22(17)27/h1-11,13,18,26-27H,12H2. The molecule has 0 saturated heterocycles. The monoisotopic (exact) mass is 420 g/mol. The summed E-state index contributed by atoms with van der Waals surface area (Å²) in [4.78, 5) is 8.78. The lowest BCUT2D eigenvalue weighted by molar-refractivity contribution is 0.466. The first-order valence-electron chi connectivity index (χ1n) is 8.58. The number of rotatable bonds is 4. The van der Waals surface area contributed by atoms with Gasteiger partial charge in [-0.25, -0.2) is 0 Å². The highest BCUT2D eigenvalue weighted by Gasteiger charge is 2.23. The second-order valence-corrected chi connectivity index (χ2v) is 7.22. The predicted octanol–water partition coefficient (Wildman–Crippen LogP) is 5.18. The molecule has 0 fully saturated rings. The highest BCUT2D eigenvalue weighted by molar-refractivity contribution is 9.10. The Morgan fingerprint density at radius 2 is 1.70 bits per heavy atom. The Balaban J connectivity index is 1.90. The minimum atomic E-state index is -0.201. The second kappa shape index (κ2) is 7.37. The smallest absolute Gasteiger partial charge is 0.145 e. The van der Waals surface area contributed by atoms with E-state index >= 15 is 0 Å². The van der Waals surface area contributed by atoms with Gasteiger partial charge in [-0.2, -0.15) is 0 Å². The molecule has 0 saturated carbocycles. The Hall–Kier alpha value is -2.92. The molecule has 1 atom stereocenters. The summed E-state index contributed by atoms with van der Waals surface area (Å²) in [6, 6.07) is 18.6. The maximum Gasteiger partial charge on any atom is 0.145 e. The van der Waals surface area contributed by atoms with E-state index in [4.69, 9.17) is 0 Å². The van der Waals surface area contributed by atoms with Crippen molar-refractivity contribution in [3.63, 3.8) is 0 Å². The van der Waals surface area contributed by atoms with Crippen molar-refractivity contribution < 1.29 is 10.2 Å². The molecule has 0 bridgehead atoms. The van der Waals surface area contributed by atoms with Crippen molar-refractivity contribution in [1.82, 2.24) is 9.97 Å². The minimum absolute atomic E-state index is 0.157. The van der Waals surface area contributed by atoms with Gasteiger partial charge in [0, 0.05) is 45.8 Å². The molecule has 5 heteroatoms. The average Bonchev–Trinajstić information content (AvgIpc) is 2.70. The maximum atomic E-state index is 11.0. The Bertz CT molecular complexity index is 1100. The first kappa shape index (κ1) is 17.5. The fourth-order valence-electron chi connectivity index (χ4n) is 3.34. The van der Waals surface area contributed by atoms with Crippen molar-refractivity contribution in [2.45, 2.75) is 12.3 Å². The molecular formula is C22H17BrN2O2. The van der Waals surface area contributed by atoms with Gasteiger partial charge in [0.15, 0.2) is 0 Å². The predicted molar refractivity (Wildman–Crippen MR) is 109 cm³/mol. The molecule has 2 N–H and O–H groups in total. The van der Waals surface area contributed by atoms with Gasteiger partial charge in [0.1, 0.15) is 17.0 Å². The van der Waals surface area contributed by atoms with Gasteiger partial charge in [0.2, 0.25) is 0 Å². The second-order valence-electron chi connectivity index (χ2n) is 6.36. The lowest BCUT2D eigenvalue weighted by Gasteiger charge is -2.21. The SMILES string of the molecule is Oc1ccc(Br)c(C(Cc2ccccn2)c2ccc3cccnc3c2O)c1. The highest BCUT2D eigenvalue weighted by atomic mass is 79.9. The molecule has 0 aliphatic heterocycles. The van der Waals surface area contributed by atoms with Gasteiger partial charge < -0.3 is 10.2 Å². The molecule has 0 aliphatic rings. The number of fused-ring (bicyclic) bond motifs is 1. The first-order chi connectivity index (χ1) is 13.1. The topological polar surface area (TPSA) is 66.2 Å². The van der Waals surface area contributed by atoms with Gasteiger partial charge in [0.05, 0.1) is 0 Å². The molecule has 4 aromatic rings. The molecular weight excluding hydrogens is 404 g/mol. The summed E-state index contributed by atoms with van der Waals surface area (Å²) in [7, 11) is 0. The van der Waals surface area contributed by atoms with E-state index in [0.717, 1.165) is 26.7 Å². The summed E-state index contributed by atoms with van der Waals surface area (Å²) in [5.74, 6) is 0.134. The highest BCUT2D eigenvalue weighted by Crippen LogP contribution is 2.40. The van der Waals surface area contributed by atoms with Crippen LogP contribution in [0.1, 0.15) is 22.7 Å². The van der Waals surface area contributed by atoms with Crippen LogP contribution in [-0.4, -0.2) is 20.2 Å². The lowest BCUT2D eigenvalue weighted by atomic mass is 9.86. The van der Waals surface area contributed by atoms with Crippen LogP contribution in [0, 0.1) is 0 Å². The maximum absolute atomic E-state index is 11.0. The summed E-state index contributed by atoms with van der Waals surface area (Å²) in [5, 5.41) is 21.9. The Kier molecular flexibility index (Phi) is 4.77. The third-order valence-corrected chi connectivity index (χ3v) is 5.37. The normalized spacial score (nSPS) is 12.2. The van der Waals surface area contributed by atoms with E-state index in [1.165, 1.54) is 0 Å². The summed E-state index contributed by atoms with van der Waals surface area (Å²) in [6.45, 7) is 0. The molecule has 0 radical (unpaired) electrons. The zero-order valence-corrected chi connectivity index (χ0v) is 16.0. The number of aromatic hydroxyl groups is 2. The van der Waals surface area contributed by atoms with Crippen LogP contribution in [-0.2, 0) is 6.42 Å². The van der Waals surface area contributed by atoms with Gasteiger partial charge in [-0.05, 0) is 42.0 Å². The Morgan fingerprint density at radius 1 is 0.852 bits per heavy atom. The van der Waals surface area contributed by atoms with Crippen LogP contribution in [0.5, 0.6) is 11.5 Å². The first-order valence-corrected chi connectivity index (χ1v) is 9.37. The van der Waals surface area contributed by atoms with Crippen LogP contribution in [0.15, 0.2) is 77.5 Å². The van der Waals surface area contributed by atoms with Crippen molar-refractivity contribution >= 4 is 26.8 Å². The van der Waals surface area contributed by atoms with E-state index in [9.17, 15) is 10.2 Å². The van der Waals surface area contributed by atoms with E-state index < -0.39 is 0 Å². The number of nitrogens with zero attached hydrogens (tertiary/aromatic N) is 2. The van der Waals surface area contributed by atoms with Crippen molar-refractivity contribution in [3.8, 4) is 11.5 Å². The van der Waals surface area contributed by atoms with E-state index in [1.807, 2.05) is 48.5 Å². The molecule has 0 amide bonds. The summed E-state index contributed by atoms with van der Waals surface area (Å²) in [5.41, 5.74) is 3.10. The van der Waals surface area contributed by atoms with Gasteiger partial charge >= 0.3 is 0 Å². The summed E-state index contributed by atoms with van der Waals surface area (Å²) >= 11 is 3.59. The van der Waals surface area contributed by atoms with Crippen molar-refractivity contribution in [2.75, 3.05) is 0 Å². The van der Waals surface area contributed by atoms with Crippen LogP contribution in [0.25, 0.3) is 10.9 Å². The number of benzene rings is 2. The number of phenols is 2. The van der Waals surface area contributed by atoms with Gasteiger partial charge in [-0.3, -0.25) is 9.97 Å². The molecule has 2 aromatic heterocycles. The van der Waals surface area contributed by atoms with Crippen LogP contribution in [0.4, 0.5) is 0 Å². The molecule has 0 aliphatic carbocycles. The van der Waals surface area contributed by atoms with Crippen molar-refractivity contribution in [3.05, 3.63) is 94.4 Å². The van der Waals surface area contributed by atoms with Crippen LogP contribution >= 0.6 is 15.9 Å². The summed E-state index contributed by atoms with van der Waals surface area (Å²) in [6.07, 6.45) is 4.00. The van der Waals surface area contributed by atoms with E-state index in [-0.39, 0.29) is 17.4 Å². The van der Waals surface area contributed by atoms with Crippen LogP contribution < -0.4 is 0 Å². The van der Waals surface area contributed by atoms with Gasteiger partial charge in [0.25, 0.3) is 0 Å². The number of hydrogen-bond donors (Lipinski definition) is 2. The summed E-state index contributed by atoms with van der Waals surface area (Å²) < 4.78 is 0.863. The fourth-order valence-corrected chi connectivity index (χ4v) is 3.86. The molecule has 4 nitrogen and oxygen atoms in total. The minimum Gasteiger partial charge on any atom is -0.508 e. The van der Waals surface area contributed by atoms with Gasteiger partial charge in [-0.1, -0.05) is 40.2 Å². The fraction of sp³-hybridized carbons (Fsp3) is 0.0909. The molecule has 0 spiro atoms. The number of phenolic OH excluding ortho intramolecular Hbond substituents is 2. The lowest BCUT2D eigenvalue weighted by Crippen LogP contribution is -2.08.